The summed E-state index contributed by atoms with van der Waals surface area (Å²) < 4.78 is 0. The van der Waals surface area contributed by atoms with E-state index in [0.717, 1.165) is 4.90 Å². The molecule has 0 aliphatic carbocycles. The molecular formula is C20H32N6O6. The lowest BCUT2D eigenvalue weighted by molar-refractivity contribution is -0.150. The highest BCUT2D eigenvalue weighted by atomic mass is 16.4. The molecule has 0 aromatic carbocycles. The summed E-state index contributed by atoms with van der Waals surface area (Å²) in [4.78, 5) is 57.5. The van der Waals surface area contributed by atoms with Crippen molar-refractivity contribution in [1.82, 2.24) is 25.5 Å². The van der Waals surface area contributed by atoms with Crippen LogP contribution in [0.25, 0.3) is 0 Å². The zero-order valence-electron chi connectivity index (χ0n) is 18.3. The van der Waals surface area contributed by atoms with Crippen molar-refractivity contribution in [2.24, 2.45) is 11.7 Å². The molecule has 2 heterocycles. The van der Waals surface area contributed by atoms with Crippen molar-refractivity contribution in [3.8, 4) is 0 Å². The Morgan fingerprint density at radius 2 is 1.94 bits per heavy atom. The number of nitrogens with zero attached hydrogens (tertiary/aromatic N) is 2. The second-order valence-corrected chi connectivity index (χ2v) is 8.35. The molecule has 178 valence electrons. The second-order valence-electron chi connectivity index (χ2n) is 8.35. The van der Waals surface area contributed by atoms with Crippen LogP contribution in [-0.2, 0) is 25.6 Å². The summed E-state index contributed by atoms with van der Waals surface area (Å²) >= 11 is 0. The highest BCUT2D eigenvalue weighted by Gasteiger charge is 2.38. The molecule has 1 aromatic heterocycles. The predicted octanol–water partition coefficient (Wildman–Crippen LogP) is -1.64. The number of carboxylic acid groups (broad SMARTS) is 1. The predicted molar refractivity (Wildman–Crippen MR) is 113 cm³/mol. The molecule has 0 radical (unpaired) electrons. The fourth-order valence-corrected chi connectivity index (χ4v) is 3.66. The SMILES string of the molecule is CC(C)CC(N)C(=O)NC(Cc1cnc[nH]1)C(=O)NC(CO)C(=O)N1CCCC1C(=O)O. The van der Waals surface area contributed by atoms with Crippen LogP contribution in [0, 0.1) is 5.92 Å². The zero-order chi connectivity index (χ0) is 23.8. The summed E-state index contributed by atoms with van der Waals surface area (Å²) in [5.74, 6) is -2.87. The van der Waals surface area contributed by atoms with E-state index in [-0.39, 0.29) is 18.9 Å². The van der Waals surface area contributed by atoms with Gasteiger partial charge in [-0.1, -0.05) is 13.8 Å². The summed E-state index contributed by atoms with van der Waals surface area (Å²) in [5.41, 5.74) is 6.49. The third-order valence-corrected chi connectivity index (χ3v) is 5.29. The summed E-state index contributed by atoms with van der Waals surface area (Å²) in [6, 6.07) is -4.24. The number of aromatic amines is 1. The van der Waals surface area contributed by atoms with Crippen molar-refractivity contribution in [2.75, 3.05) is 13.2 Å². The van der Waals surface area contributed by atoms with Crippen LogP contribution in [0.1, 0.15) is 38.8 Å². The van der Waals surface area contributed by atoms with Gasteiger partial charge in [-0.15, -0.1) is 0 Å². The molecule has 4 atom stereocenters. The van der Waals surface area contributed by atoms with Gasteiger partial charge >= 0.3 is 5.97 Å². The van der Waals surface area contributed by atoms with E-state index in [4.69, 9.17) is 5.73 Å². The lowest BCUT2D eigenvalue weighted by atomic mass is 10.0. The van der Waals surface area contributed by atoms with E-state index in [1.165, 1.54) is 12.5 Å². The van der Waals surface area contributed by atoms with Gasteiger partial charge in [0.25, 0.3) is 0 Å². The van der Waals surface area contributed by atoms with Gasteiger partial charge in [0, 0.05) is 24.9 Å². The number of likely N-dealkylation sites (tertiary alicyclic amines) is 1. The number of hydrogen-bond acceptors (Lipinski definition) is 7. The Hall–Kier alpha value is -2.99. The Kier molecular flexibility index (Phi) is 9.14. The summed E-state index contributed by atoms with van der Waals surface area (Å²) in [5, 5.41) is 24.0. The highest BCUT2D eigenvalue weighted by Crippen LogP contribution is 2.18. The number of imidazole rings is 1. The summed E-state index contributed by atoms with van der Waals surface area (Å²) in [6.45, 7) is 3.34. The van der Waals surface area contributed by atoms with Crippen molar-refractivity contribution in [3.63, 3.8) is 0 Å². The van der Waals surface area contributed by atoms with Gasteiger partial charge in [0.05, 0.1) is 19.0 Å². The Bertz CT molecular complexity index is 799. The number of nitrogens with one attached hydrogen (secondary N) is 3. The molecular weight excluding hydrogens is 420 g/mol. The fraction of sp³-hybridized carbons (Fsp3) is 0.650. The Balaban J connectivity index is 2.11. The molecule has 1 aliphatic rings. The van der Waals surface area contributed by atoms with Gasteiger partial charge in [0.15, 0.2) is 0 Å². The molecule has 4 unspecified atom stereocenters. The average Bonchev–Trinajstić information content (AvgIpc) is 3.42. The Morgan fingerprint density at radius 3 is 2.50 bits per heavy atom. The smallest absolute Gasteiger partial charge is 0.326 e. The zero-order valence-corrected chi connectivity index (χ0v) is 18.3. The number of nitrogens with two attached hydrogens (primary N) is 1. The number of aliphatic hydroxyl groups is 1. The maximum atomic E-state index is 13.0. The first-order valence-corrected chi connectivity index (χ1v) is 10.6. The Labute approximate surface area is 185 Å². The van der Waals surface area contributed by atoms with Crippen LogP contribution in [0.4, 0.5) is 0 Å². The lowest BCUT2D eigenvalue weighted by Gasteiger charge is -2.28. The molecule has 3 amide bonds. The maximum absolute atomic E-state index is 13.0. The first-order valence-electron chi connectivity index (χ1n) is 10.6. The van der Waals surface area contributed by atoms with Crippen LogP contribution in [0.2, 0.25) is 0 Å². The third kappa shape index (κ3) is 6.76. The summed E-state index contributed by atoms with van der Waals surface area (Å²) in [7, 11) is 0. The minimum Gasteiger partial charge on any atom is -0.480 e. The molecule has 0 saturated carbocycles. The van der Waals surface area contributed by atoms with E-state index in [1.54, 1.807) is 0 Å². The second kappa shape index (κ2) is 11.6. The van der Waals surface area contributed by atoms with Crippen molar-refractivity contribution >= 4 is 23.7 Å². The van der Waals surface area contributed by atoms with Crippen LogP contribution >= 0.6 is 0 Å². The molecule has 0 bridgehead atoms. The van der Waals surface area contributed by atoms with Gasteiger partial charge in [-0.2, -0.15) is 0 Å². The van der Waals surface area contributed by atoms with Gasteiger partial charge in [0.1, 0.15) is 18.1 Å². The lowest BCUT2D eigenvalue weighted by Crippen LogP contribution is -2.58. The van der Waals surface area contributed by atoms with Crippen molar-refractivity contribution in [1.29, 1.82) is 0 Å². The van der Waals surface area contributed by atoms with Crippen LogP contribution in [0.5, 0.6) is 0 Å². The minimum absolute atomic E-state index is 0.0553. The van der Waals surface area contributed by atoms with Crippen LogP contribution in [0.3, 0.4) is 0 Å². The van der Waals surface area contributed by atoms with E-state index < -0.39 is 54.5 Å². The summed E-state index contributed by atoms with van der Waals surface area (Å²) in [6.07, 6.45) is 4.22. The molecule has 1 saturated heterocycles. The number of rotatable bonds is 11. The molecule has 7 N–H and O–H groups in total. The topological polar surface area (TPSA) is 191 Å². The van der Waals surface area contributed by atoms with Crippen LogP contribution in [0.15, 0.2) is 12.5 Å². The number of carboxylic acids is 1. The van der Waals surface area contributed by atoms with Crippen molar-refractivity contribution in [2.45, 2.75) is 63.7 Å². The molecule has 12 nitrogen and oxygen atoms in total. The number of hydrogen-bond donors (Lipinski definition) is 6. The number of carbonyl (C=O) groups excluding carboxylic acids is 3. The number of carbonyl (C=O) groups is 4. The van der Waals surface area contributed by atoms with Crippen LogP contribution < -0.4 is 16.4 Å². The van der Waals surface area contributed by atoms with Crippen LogP contribution in [-0.4, -0.2) is 86.1 Å². The first kappa shape index (κ1) is 25.3. The van der Waals surface area contributed by atoms with E-state index in [0.29, 0.717) is 25.0 Å². The number of H-pyrrole nitrogens is 1. The van der Waals surface area contributed by atoms with E-state index >= 15 is 0 Å². The van der Waals surface area contributed by atoms with Crippen molar-refractivity contribution in [3.05, 3.63) is 18.2 Å². The maximum Gasteiger partial charge on any atom is 0.326 e. The van der Waals surface area contributed by atoms with E-state index in [1.807, 2.05) is 13.8 Å². The molecule has 0 spiro atoms. The number of aliphatic hydroxyl groups excluding tert-OH is 1. The molecule has 32 heavy (non-hydrogen) atoms. The Morgan fingerprint density at radius 1 is 1.25 bits per heavy atom. The largest absolute Gasteiger partial charge is 0.480 e. The normalized spacial score (nSPS) is 18.8. The molecule has 2 rings (SSSR count). The number of aromatic nitrogens is 2. The molecule has 1 aliphatic heterocycles. The quantitative estimate of drug-likeness (QED) is 0.230. The fourth-order valence-electron chi connectivity index (χ4n) is 3.66. The van der Waals surface area contributed by atoms with Gasteiger partial charge < -0.3 is 36.5 Å². The monoisotopic (exact) mass is 452 g/mol. The first-order chi connectivity index (χ1) is 15.1. The minimum atomic E-state index is -1.34. The van der Waals surface area contributed by atoms with Crippen molar-refractivity contribution < 1.29 is 29.4 Å². The van der Waals surface area contributed by atoms with Gasteiger partial charge in [0.2, 0.25) is 17.7 Å². The molecule has 1 fully saturated rings. The third-order valence-electron chi connectivity index (χ3n) is 5.29. The standard InChI is InChI=1S/C20H32N6O6/c1-11(2)6-13(21)17(28)24-14(7-12-8-22-10-23-12)18(29)25-15(9-27)19(30)26-5-3-4-16(26)20(31)32/h8,10-11,13-16,27H,3-7,9,21H2,1-2H3,(H,22,23)(H,24,28)(H,25,29)(H,31,32). The van der Waals surface area contributed by atoms with Gasteiger partial charge in [-0.3, -0.25) is 14.4 Å². The molecule has 1 aromatic rings. The highest BCUT2D eigenvalue weighted by molar-refractivity contribution is 5.94. The average molecular weight is 453 g/mol. The molecule has 12 heteroatoms. The van der Waals surface area contributed by atoms with Gasteiger partial charge in [-0.25, -0.2) is 9.78 Å². The van der Waals surface area contributed by atoms with E-state index in [9.17, 15) is 29.4 Å². The van der Waals surface area contributed by atoms with Gasteiger partial charge in [-0.05, 0) is 25.2 Å². The number of aliphatic carboxylic acids is 1. The number of amides is 3. The van der Waals surface area contributed by atoms with E-state index in [2.05, 4.69) is 20.6 Å².